The molecule has 2 rings (SSSR count). The van der Waals surface area contributed by atoms with Crippen molar-refractivity contribution in [2.45, 2.75) is 32.4 Å². The lowest BCUT2D eigenvalue weighted by atomic mass is 10.1. The number of aromatic hydroxyl groups is 1. The van der Waals surface area contributed by atoms with E-state index in [1.807, 2.05) is 0 Å². The van der Waals surface area contributed by atoms with Crippen LogP contribution in [0.2, 0.25) is 25.7 Å². The van der Waals surface area contributed by atoms with Crippen LogP contribution in [0.5, 0.6) is 5.75 Å². The highest BCUT2D eigenvalue weighted by molar-refractivity contribution is 6.76. The molecule has 1 heterocycles. The third-order valence-electron chi connectivity index (χ3n) is 3.39. The number of nitro groups is 1. The van der Waals surface area contributed by atoms with Crippen molar-refractivity contribution in [2.75, 3.05) is 6.61 Å². The first-order valence-electron chi connectivity index (χ1n) is 7.36. The topological polar surface area (TPSA) is 90.4 Å². The number of benzene rings is 1. The quantitative estimate of drug-likeness (QED) is 0.362. The minimum atomic E-state index is -1.20. The molecular formula is C15H21N3O4Si. The summed E-state index contributed by atoms with van der Waals surface area (Å²) in [4.78, 5) is 10.7. The van der Waals surface area contributed by atoms with Gasteiger partial charge in [-0.2, -0.15) is 5.10 Å². The lowest BCUT2D eigenvalue weighted by Crippen LogP contribution is -2.22. The summed E-state index contributed by atoms with van der Waals surface area (Å²) >= 11 is 0. The van der Waals surface area contributed by atoms with E-state index in [0.29, 0.717) is 12.2 Å². The molecule has 0 spiro atoms. The third kappa shape index (κ3) is 4.39. The SMILES string of the molecule is C[Si](C)(C)CCOCn1ncc([N+](=O)[O-])c1-c1ccccc1O. The fourth-order valence-electron chi connectivity index (χ4n) is 2.09. The molecule has 0 radical (unpaired) electrons. The van der Waals surface area contributed by atoms with E-state index in [4.69, 9.17) is 4.74 Å². The molecule has 0 aliphatic rings. The van der Waals surface area contributed by atoms with Crippen LogP contribution in [0.1, 0.15) is 0 Å². The highest BCUT2D eigenvalue weighted by atomic mass is 28.3. The second kappa shape index (κ2) is 6.92. The minimum Gasteiger partial charge on any atom is -0.507 e. The summed E-state index contributed by atoms with van der Waals surface area (Å²) in [6.07, 6.45) is 1.18. The largest absolute Gasteiger partial charge is 0.507 e. The zero-order valence-corrected chi connectivity index (χ0v) is 14.5. The Labute approximate surface area is 135 Å². The minimum absolute atomic E-state index is 0.0283. The standard InChI is InChI=1S/C15H21N3O4Si/c1-23(2,3)9-8-22-11-17-15(13(10-16-17)18(20)21)12-6-4-5-7-14(12)19/h4-7,10,19H,8-9,11H2,1-3H3. The monoisotopic (exact) mass is 335 g/mol. The van der Waals surface area contributed by atoms with E-state index < -0.39 is 13.0 Å². The molecule has 0 atom stereocenters. The summed E-state index contributed by atoms with van der Waals surface area (Å²) in [6.45, 7) is 7.46. The van der Waals surface area contributed by atoms with Crippen LogP contribution < -0.4 is 0 Å². The van der Waals surface area contributed by atoms with E-state index in [1.165, 1.54) is 16.9 Å². The summed E-state index contributed by atoms with van der Waals surface area (Å²) in [5, 5.41) is 25.2. The van der Waals surface area contributed by atoms with Crippen LogP contribution in [0, 0.1) is 10.1 Å². The first kappa shape index (κ1) is 17.2. The maximum atomic E-state index is 11.2. The molecule has 0 bridgehead atoms. The summed E-state index contributed by atoms with van der Waals surface area (Å²) in [7, 11) is -1.20. The van der Waals surface area contributed by atoms with Gasteiger partial charge in [0.15, 0.2) is 5.69 Å². The van der Waals surface area contributed by atoms with Gasteiger partial charge in [-0.3, -0.25) is 10.1 Å². The molecule has 2 aromatic rings. The normalized spacial score (nSPS) is 11.6. The Morgan fingerprint density at radius 3 is 2.65 bits per heavy atom. The number of rotatable bonds is 7. The van der Waals surface area contributed by atoms with Crippen LogP contribution in [0.15, 0.2) is 30.5 Å². The summed E-state index contributed by atoms with van der Waals surface area (Å²) < 4.78 is 7.04. The summed E-state index contributed by atoms with van der Waals surface area (Å²) in [5.74, 6) is -0.0283. The number of ether oxygens (including phenoxy) is 1. The van der Waals surface area contributed by atoms with Crippen molar-refractivity contribution in [3.8, 4) is 17.0 Å². The van der Waals surface area contributed by atoms with Crippen LogP contribution in [0.25, 0.3) is 11.3 Å². The maximum Gasteiger partial charge on any atom is 0.315 e. The summed E-state index contributed by atoms with van der Waals surface area (Å²) in [5.41, 5.74) is 0.465. The van der Waals surface area contributed by atoms with Gasteiger partial charge in [0.05, 0.1) is 4.92 Å². The fraction of sp³-hybridized carbons (Fsp3) is 0.400. The van der Waals surface area contributed by atoms with E-state index in [-0.39, 0.29) is 23.9 Å². The van der Waals surface area contributed by atoms with E-state index in [1.54, 1.807) is 18.2 Å². The van der Waals surface area contributed by atoms with Crippen molar-refractivity contribution in [2.24, 2.45) is 0 Å². The van der Waals surface area contributed by atoms with Crippen molar-refractivity contribution >= 4 is 13.8 Å². The number of hydrogen-bond acceptors (Lipinski definition) is 5. The third-order valence-corrected chi connectivity index (χ3v) is 5.09. The fourth-order valence-corrected chi connectivity index (χ4v) is 2.84. The Morgan fingerprint density at radius 1 is 1.35 bits per heavy atom. The van der Waals surface area contributed by atoms with Gasteiger partial charge in [-0.15, -0.1) is 0 Å². The van der Waals surface area contributed by atoms with Crippen LogP contribution in [0.4, 0.5) is 5.69 Å². The molecule has 0 aliphatic heterocycles. The van der Waals surface area contributed by atoms with Crippen LogP contribution in [0.3, 0.4) is 0 Å². The average Bonchev–Trinajstić information content (AvgIpc) is 2.87. The van der Waals surface area contributed by atoms with Gasteiger partial charge in [0.1, 0.15) is 18.7 Å². The Bertz CT molecular complexity index is 694. The van der Waals surface area contributed by atoms with Gasteiger partial charge in [-0.25, -0.2) is 4.68 Å². The molecule has 0 saturated carbocycles. The highest BCUT2D eigenvalue weighted by Crippen LogP contribution is 2.35. The predicted molar refractivity (Wildman–Crippen MR) is 90.1 cm³/mol. The second-order valence-electron chi connectivity index (χ2n) is 6.50. The molecule has 1 aromatic heterocycles. The van der Waals surface area contributed by atoms with Crippen molar-refractivity contribution < 1.29 is 14.8 Å². The maximum absolute atomic E-state index is 11.2. The van der Waals surface area contributed by atoms with Gasteiger partial charge >= 0.3 is 5.69 Å². The highest BCUT2D eigenvalue weighted by Gasteiger charge is 2.24. The molecule has 23 heavy (non-hydrogen) atoms. The molecule has 0 amide bonds. The zero-order valence-electron chi connectivity index (χ0n) is 13.5. The first-order valence-corrected chi connectivity index (χ1v) is 11.1. The van der Waals surface area contributed by atoms with Crippen molar-refractivity contribution in [1.29, 1.82) is 0 Å². The molecule has 0 saturated heterocycles. The van der Waals surface area contributed by atoms with E-state index in [2.05, 4.69) is 24.7 Å². The van der Waals surface area contributed by atoms with Gasteiger partial charge in [0.2, 0.25) is 0 Å². The Balaban J connectivity index is 2.24. The van der Waals surface area contributed by atoms with E-state index in [0.717, 1.165) is 6.04 Å². The molecule has 1 aromatic carbocycles. The van der Waals surface area contributed by atoms with Crippen molar-refractivity contribution in [3.63, 3.8) is 0 Å². The lowest BCUT2D eigenvalue weighted by Gasteiger charge is -2.15. The van der Waals surface area contributed by atoms with Gasteiger partial charge in [-0.05, 0) is 18.2 Å². The second-order valence-corrected chi connectivity index (χ2v) is 12.1. The van der Waals surface area contributed by atoms with Crippen molar-refractivity contribution in [1.82, 2.24) is 9.78 Å². The van der Waals surface area contributed by atoms with Gasteiger partial charge in [-0.1, -0.05) is 31.8 Å². The molecular weight excluding hydrogens is 314 g/mol. The van der Waals surface area contributed by atoms with E-state index >= 15 is 0 Å². The van der Waals surface area contributed by atoms with Gasteiger partial charge in [0.25, 0.3) is 0 Å². The number of aromatic nitrogens is 2. The number of nitrogens with zero attached hydrogens (tertiary/aromatic N) is 3. The van der Waals surface area contributed by atoms with Gasteiger partial charge in [0, 0.05) is 20.2 Å². The van der Waals surface area contributed by atoms with Crippen LogP contribution in [-0.4, -0.2) is 34.5 Å². The van der Waals surface area contributed by atoms with Crippen LogP contribution in [-0.2, 0) is 11.5 Å². The average molecular weight is 335 g/mol. The Kier molecular flexibility index (Phi) is 5.17. The summed E-state index contributed by atoms with van der Waals surface area (Å²) in [6, 6.07) is 7.49. The van der Waals surface area contributed by atoms with E-state index in [9.17, 15) is 15.2 Å². The number of para-hydroxylation sites is 1. The van der Waals surface area contributed by atoms with Crippen LogP contribution >= 0.6 is 0 Å². The number of phenols is 1. The molecule has 8 heteroatoms. The number of hydrogen-bond donors (Lipinski definition) is 1. The van der Waals surface area contributed by atoms with Crippen molar-refractivity contribution in [3.05, 3.63) is 40.6 Å². The molecule has 0 fully saturated rings. The molecule has 0 aliphatic carbocycles. The smallest absolute Gasteiger partial charge is 0.315 e. The Morgan fingerprint density at radius 2 is 2.04 bits per heavy atom. The lowest BCUT2D eigenvalue weighted by molar-refractivity contribution is -0.384. The molecule has 1 N–H and O–H groups in total. The number of phenolic OH excluding ortho intramolecular Hbond substituents is 1. The predicted octanol–water partition coefficient (Wildman–Crippen LogP) is 3.48. The first-order chi connectivity index (χ1) is 10.8. The molecule has 7 nitrogen and oxygen atoms in total. The molecule has 0 unspecified atom stereocenters. The Hall–Kier alpha value is -2.19. The van der Waals surface area contributed by atoms with Gasteiger partial charge < -0.3 is 9.84 Å². The molecule has 124 valence electrons. The zero-order chi connectivity index (χ0) is 17.0.